The third-order valence-corrected chi connectivity index (χ3v) is 6.54. The van der Waals surface area contributed by atoms with Crippen LogP contribution in [0.4, 0.5) is 0 Å². The van der Waals surface area contributed by atoms with Gasteiger partial charge < -0.3 is 14.5 Å². The Morgan fingerprint density at radius 3 is 2.78 bits per heavy atom. The normalized spacial score (nSPS) is 29.7. The fourth-order valence-corrected chi connectivity index (χ4v) is 5.18. The summed E-state index contributed by atoms with van der Waals surface area (Å²) in [4.78, 5) is 30.1. The Morgan fingerprint density at radius 2 is 1.96 bits per heavy atom. The molecule has 5 rings (SSSR count). The van der Waals surface area contributed by atoms with Gasteiger partial charge in [0.05, 0.1) is 25.1 Å². The zero-order valence-corrected chi connectivity index (χ0v) is 15.7. The lowest BCUT2D eigenvalue weighted by Crippen LogP contribution is -2.51. The second-order valence-electron chi connectivity index (χ2n) is 8.23. The Labute approximate surface area is 158 Å². The molecular formula is C22H24N2O3. The van der Waals surface area contributed by atoms with Crippen LogP contribution in [0.2, 0.25) is 0 Å². The SMILES string of the molecule is CC(C)[C@@H]1CO[C@@]23CCN(C(=O)c4cccc5ccccc45)[C@@H]2CC(=O)N13. The van der Waals surface area contributed by atoms with Crippen molar-refractivity contribution >= 4 is 22.6 Å². The first kappa shape index (κ1) is 16.8. The van der Waals surface area contributed by atoms with Crippen LogP contribution in [0.5, 0.6) is 0 Å². The summed E-state index contributed by atoms with van der Waals surface area (Å²) >= 11 is 0. The molecule has 3 saturated heterocycles. The average molecular weight is 364 g/mol. The number of ether oxygens (including phenoxy) is 1. The number of likely N-dealkylation sites (tertiary alicyclic amines) is 1. The van der Waals surface area contributed by atoms with Crippen molar-refractivity contribution in [2.45, 2.75) is 44.5 Å². The quantitative estimate of drug-likeness (QED) is 0.823. The summed E-state index contributed by atoms with van der Waals surface area (Å²) in [7, 11) is 0. The number of nitrogens with zero attached hydrogens (tertiary/aromatic N) is 2. The highest BCUT2D eigenvalue weighted by Gasteiger charge is 2.65. The molecule has 2 aromatic rings. The maximum absolute atomic E-state index is 13.5. The van der Waals surface area contributed by atoms with Crippen molar-refractivity contribution in [2.75, 3.05) is 13.2 Å². The van der Waals surface area contributed by atoms with E-state index in [4.69, 9.17) is 4.74 Å². The lowest BCUT2D eigenvalue weighted by molar-refractivity contribution is -0.139. The molecule has 0 saturated carbocycles. The molecule has 0 bridgehead atoms. The molecular weight excluding hydrogens is 340 g/mol. The van der Waals surface area contributed by atoms with Gasteiger partial charge in [-0.15, -0.1) is 0 Å². The van der Waals surface area contributed by atoms with Crippen LogP contribution in [0.1, 0.15) is 37.0 Å². The van der Waals surface area contributed by atoms with Crippen LogP contribution in [-0.2, 0) is 9.53 Å². The lowest BCUT2D eigenvalue weighted by Gasteiger charge is -2.34. The van der Waals surface area contributed by atoms with E-state index in [0.717, 1.165) is 10.8 Å². The number of carbonyl (C=O) groups excluding carboxylic acids is 2. The molecule has 3 heterocycles. The Hall–Kier alpha value is -2.40. The van der Waals surface area contributed by atoms with Gasteiger partial charge in [0.25, 0.3) is 5.91 Å². The van der Waals surface area contributed by atoms with E-state index in [1.165, 1.54) is 0 Å². The van der Waals surface area contributed by atoms with Crippen LogP contribution in [0, 0.1) is 5.92 Å². The molecule has 2 amide bonds. The topological polar surface area (TPSA) is 49.9 Å². The molecule has 3 aliphatic heterocycles. The van der Waals surface area contributed by atoms with Crippen LogP contribution in [0.15, 0.2) is 42.5 Å². The van der Waals surface area contributed by atoms with Gasteiger partial charge in [-0.1, -0.05) is 50.2 Å². The first-order valence-corrected chi connectivity index (χ1v) is 9.78. The largest absolute Gasteiger partial charge is 0.351 e. The summed E-state index contributed by atoms with van der Waals surface area (Å²) in [5.41, 5.74) is 0.0844. The van der Waals surface area contributed by atoms with E-state index in [-0.39, 0.29) is 23.9 Å². The third-order valence-electron chi connectivity index (χ3n) is 6.54. The van der Waals surface area contributed by atoms with E-state index in [1.54, 1.807) is 0 Å². The molecule has 3 atom stereocenters. The summed E-state index contributed by atoms with van der Waals surface area (Å²) < 4.78 is 6.25. The first-order valence-electron chi connectivity index (χ1n) is 9.78. The number of amides is 2. The zero-order valence-electron chi connectivity index (χ0n) is 15.7. The Bertz CT molecular complexity index is 935. The summed E-state index contributed by atoms with van der Waals surface area (Å²) in [5.74, 6) is 0.460. The maximum Gasteiger partial charge on any atom is 0.254 e. The molecule has 2 aromatic carbocycles. The molecule has 5 heteroatoms. The van der Waals surface area contributed by atoms with Gasteiger partial charge in [0.1, 0.15) is 0 Å². The number of hydrogen-bond acceptors (Lipinski definition) is 3. The minimum absolute atomic E-state index is 0.0000723. The van der Waals surface area contributed by atoms with Gasteiger partial charge in [-0.05, 0) is 22.8 Å². The Kier molecular flexibility index (Phi) is 3.60. The van der Waals surface area contributed by atoms with E-state index in [9.17, 15) is 9.59 Å². The van der Waals surface area contributed by atoms with E-state index < -0.39 is 5.72 Å². The minimum Gasteiger partial charge on any atom is -0.351 e. The molecule has 140 valence electrons. The van der Waals surface area contributed by atoms with E-state index in [0.29, 0.717) is 37.5 Å². The fourth-order valence-electron chi connectivity index (χ4n) is 5.18. The summed E-state index contributed by atoms with van der Waals surface area (Å²) in [6.45, 7) is 5.45. The maximum atomic E-state index is 13.5. The number of rotatable bonds is 2. The van der Waals surface area contributed by atoms with Crippen LogP contribution < -0.4 is 0 Å². The number of fused-ring (bicyclic) bond motifs is 1. The second-order valence-corrected chi connectivity index (χ2v) is 8.23. The number of hydrogen-bond donors (Lipinski definition) is 0. The third kappa shape index (κ3) is 2.21. The second kappa shape index (κ2) is 5.80. The molecule has 3 fully saturated rings. The van der Waals surface area contributed by atoms with Gasteiger partial charge in [-0.3, -0.25) is 9.59 Å². The molecule has 0 aromatic heterocycles. The predicted molar refractivity (Wildman–Crippen MR) is 102 cm³/mol. The highest BCUT2D eigenvalue weighted by molar-refractivity contribution is 6.07. The van der Waals surface area contributed by atoms with Crippen LogP contribution in [0.25, 0.3) is 10.8 Å². The van der Waals surface area contributed by atoms with Gasteiger partial charge in [-0.25, -0.2) is 0 Å². The molecule has 5 nitrogen and oxygen atoms in total. The van der Waals surface area contributed by atoms with Crippen molar-refractivity contribution in [3.63, 3.8) is 0 Å². The molecule has 0 N–H and O–H groups in total. The standard InChI is InChI=1S/C22H24N2O3/c1-14(2)18-13-27-22-10-11-23(19(22)12-20(25)24(18)22)21(26)17-9-5-7-15-6-3-4-8-16(15)17/h3-9,14,18-19H,10-13H2,1-2H3/t18-,19+,22-/m0/s1. The average Bonchev–Trinajstić information content (AvgIpc) is 3.30. The Balaban J connectivity index is 1.51. The minimum atomic E-state index is -0.619. The number of benzene rings is 2. The molecule has 0 unspecified atom stereocenters. The Morgan fingerprint density at radius 1 is 1.19 bits per heavy atom. The fraction of sp³-hybridized carbons (Fsp3) is 0.455. The van der Waals surface area contributed by atoms with E-state index in [1.807, 2.05) is 52.3 Å². The van der Waals surface area contributed by atoms with Crippen molar-refractivity contribution in [2.24, 2.45) is 5.92 Å². The number of carbonyl (C=O) groups is 2. The van der Waals surface area contributed by atoms with Gasteiger partial charge in [0, 0.05) is 18.5 Å². The highest BCUT2D eigenvalue weighted by Crippen LogP contribution is 2.49. The highest BCUT2D eigenvalue weighted by atomic mass is 16.5. The van der Waals surface area contributed by atoms with Gasteiger partial charge >= 0.3 is 0 Å². The van der Waals surface area contributed by atoms with Crippen LogP contribution in [-0.4, -0.2) is 52.6 Å². The van der Waals surface area contributed by atoms with Crippen LogP contribution in [0.3, 0.4) is 0 Å². The molecule has 27 heavy (non-hydrogen) atoms. The van der Waals surface area contributed by atoms with Crippen molar-refractivity contribution in [3.8, 4) is 0 Å². The van der Waals surface area contributed by atoms with Crippen molar-refractivity contribution in [1.29, 1.82) is 0 Å². The van der Waals surface area contributed by atoms with Gasteiger partial charge in [-0.2, -0.15) is 0 Å². The van der Waals surface area contributed by atoms with E-state index in [2.05, 4.69) is 13.8 Å². The van der Waals surface area contributed by atoms with Crippen molar-refractivity contribution in [1.82, 2.24) is 9.80 Å². The smallest absolute Gasteiger partial charge is 0.254 e. The summed E-state index contributed by atoms with van der Waals surface area (Å²) in [6.07, 6.45) is 1.06. The zero-order chi connectivity index (χ0) is 18.8. The van der Waals surface area contributed by atoms with Crippen molar-refractivity contribution < 1.29 is 14.3 Å². The molecule has 3 aliphatic rings. The predicted octanol–water partition coefficient (Wildman–Crippen LogP) is 3.04. The lowest BCUT2D eigenvalue weighted by atomic mass is 10.0. The first-order chi connectivity index (χ1) is 13.0. The van der Waals surface area contributed by atoms with Gasteiger partial charge in [0.2, 0.25) is 5.91 Å². The van der Waals surface area contributed by atoms with Gasteiger partial charge in [0.15, 0.2) is 5.72 Å². The van der Waals surface area contributed by atoms with Crippen molar-refractivity contribution in [3.05, 3.63) is 48.0 Å². The monoisotopic (exact) mass is 364 g/mol. The van der Waals surface area contributed by atoms with Crippen LogP contribution >= 0.6 is 0 Å². The molecule has 0 radical (unpaired) electrons. The van der Waals surface area contributed by atoms with E-state index >= 15 is 0 Å². The summed E-state index contributed by atoms with van der Waals surface area (Å²) in [5, 5.41) is 2.01. The summed E-state index contributed by atoms with van der Waals surface area (Å²) in [6, 6.07) is 13.7. The molecule has 0 aliphatic carbocycles. The molecule has 1 spiro atoms.